The van der Waals surface area contributed by atoms with Crippen LogP contribution in [0.3, 0.4) is 0 Å². The van der Waals surface area contributed by atoms with E-state index in [-0.39, 0.29) is 31.2 Å². The molecule has 1 aliphatic heterocycles. The summed E-state index contributed by atoms with van der Waals surface area (Å²) < 4.78 is 0. The summed E-state index contributed by atoms with van der Waals surface area (Å²) in [6.07, 6.45) is 0.448. The largest absolute Gasteiger partial charge is 0.395 e. The summed E-state index contributed by atoms with van der Waals surface area (Å²) in [5.41, 5.74) is 0. The number of rotatable bonds is 1. The van der Waals surface area contributed by atoms with Crippen LogP contribution in [0.1, 0.15) is 6.42 Å². The van der Waals surface area contributed by atoms with Gasteiger partial charge in [-0.2, -0.15) is 0 Å². The van der Waals surface area contributed by atoms with E-state index in [9.17, 15) is 0 Å². The molecule has 56 valence electrons. The quantitative estimate of drug-likeness (QED) is 0.459. The number of aliphatic hydroxyl groups is 2. The zero-order valence-corrected chi connectivity index (χ0v) is 5.90. The predicted molar refractivity (Wildman–Crippen MR) is 36.7 cm³/mol. The highest BCUT2D eigenvalue weighted by Crippen LogP contribution is 2.03. The topological polar surface area (TPSA) is 52.5 Å². The van der Waals surface area contributed by atoms with Crippen LogP contribution in [0.5, 0.6) is 0 Å². The van der Waals surface area contributed by atoms with E-state index < -0.39 is 0 Å². The summed E-state index contributed by atoms with van der Waals surface area (Å²) >= 11 is 0. The van der Waals surface area contributed by atoms with Gasteiger partial charge in [0, 0.05) is 12.6 Å². The van der Waals surface area contributed by atoms with E-state index in [1.807, 2.05) is 0 Å². The molecule has 0 saturated carbocycles. The van der Waals surface area contributed by atoms with Gasteiger partial charge in [0.2, 0.25) is 0 Å². The third-order valence-corrected chi connectivity index (χ3v) is 1.42. The fourth-order valence-corrected chi connectivity index (χ4v) is 0.937. The number of β-amino-alcohol motifs (C(OH)–C–C–N with tert-alkyl or cyclic N) is 1. The zero-order valence-electron chi connectivity index (χ0n) is 5.08. The van der Waals surface area contributed by atoms with Gasteiger partial charge in [-0.3, -0.25) is 0 Å². The first-order valence-corrected chi connectivity index (χ1v) is 2.85. The van der Waals surface area contributed by atoms with Crippen LogP contribution in [0.25, 0.3) is 0 Å². The average Bonchev–Trinajstić information content (AvgIpc) is 2.14. The molecule has 1 fully saturated rings. The van der Waals surface area contributed by atoms with E-state index in [2.05, 4.69) is 5.32 Å². The average molecular weight is 154 g/mol. The minimum atomic E-state index is -0.243. The molecule has 0 radical (unpaired) electrons. The zero-order chi connectivity index (χ0) is 5.98. The summed E-state index contributed by atoms with van der Waals surface area (Å²) in [6, 6.07) is 0.130. The van der Waals surface area contributed by atoms with Crippen LogP contribution in [0.2, 0.25) is 0 Å². The minimum absolute atomic E-state index is 0. The summed E-state index contributed by atoms with van der Waals surface area (Å²) in [5.74, 6) is 0. The van der Waals surface area contributed by atoms with Gasteiger partial charge >= 0.3 is 0 Å². The lowest BCUT2D eigenvalue weighted by molar-refractivity contribution is 0.184. The Morgan fingerprint density at radius 2 is 2.22 bits per heavy atom. The number of hydrogen-bond acceptors (Lipinski definition) is 3. The van der Waals surface area contributed by atoms with Crippen LogP contribution < -0.4 is 5.32 Å². The maximum atomic E-state index is 8.86. The first-order valence-electron chi connectivity index (χ1n) is 2.85. The van der Waals surface area contributed by atoms with Crippen LogP contribution in [0, 0.1) is 0 Å². The van der Waals surface area contributed by atoms with E-state index in [1.165, 1.54) is 0 Å². The molecule has 0 bridgehead atoms. The number of hydrogen-bond donors (Lipinski definition) is 3. The Balaban J connectivity index is 0.000000640. The molecule has 2 atom stereocenters. The maximum Gasteiger partial charge on any atom is 0.0680 e. The van der Waals surface area contributed by atoms with Gasteiger partial charge in [-0.1, -0.05) is 0 Å². The SMILES string of the molecule is Cl.OC[C@@H]1C[C@@H](O)CN1. The molecule has 3 nitrogen and oxygen atoms in total. The van der Waals surface area contributed by atoms with Crippen molar-refractivity contribution in [2.24, 2.45) is 0 Å². The van der Waals surface area contributed by atoms with E-state index in [4.69, 9.17) is 10.2 Å². The lowest BCUT2D eigenvalue weighted by atomic mass is 10.2. The number of nitrogens with one attached hydrogen (secondary N) is 1. The molecule has 1 rings (SSSR count). The second-order valence-corrected chi connectivity index (χ2v) is 2.18. The Kier molecular flexibility index (Phi) is 4.14. The third-order valence-electron chi connectivity index (χ3n) is 1.42. The van der Waals surface area contributed by atoms with Gasteiger partial charge in [-0.05, 0) is 6.42 Å². The maximum absolute atomic E-state index is 8.86. The first-order chi connectivity index (χ1) is 3.83. The van der Waals surface area contributed by atoms with Crippen molar-refractivity contribution in [3.8, 4) is 0 Å². The molecule has 0 aromatic carbocycles. The van der Waals surface area contributed by atoms with Gasteiger partial charge in [0.25, 0.3) is 0 Å². The van der Waals surface area contributed by atoms with Crippen LogP contribution in [0.15, 0.2) is 0 Å². The Morgan fingerprint density at radius 3 is 2.44 bits per heavy atom. The Hall–Kier alpha value is 0.170. The van der Waals surface area contributed by atoms with Crippen LogP contribution >= 0.6 is 12.4 Å². The van der Waals surface area contributed by atoms with Gasteiger partial charge in [-0.25, -0.2) is 0 Å². The molecule has 1 heterocycles. The fourth-order valence-electron chi connectivity index (χ4n) is 0.937. The van der Waals surface area contributed by atoms with Crippen molar-refractivity contribution >= 4 is 12.4 Å². The summed E-state index contributed by atoms with van der Waals surface area (Å²) in [4.78, 5) is 0. The Morgan fingerprint density at radius 1 is 1.56 bits per heavy atom. The third kappa shape index (κ3) is 2.49. The van der Waals surface area contributed by atoms with Crippen LogP contribution in [0.4, 0.5) is 0 Å². The van der Waals surface area contributed by atoms with Crippen molar-refractivity contribution in [1.82, 2.24) is 5.32 Å². The van der Waals surface area contributed by atoms with Crippen LogP contribution in [-0.2, 0) is 0 Å². The summed E-state index contributed by atoms with van der Waals surface area (Å²) in [5, 5.41) is 20.3. The van der Waals surface area contributed by atoms with E-state index in [0.29, 0.717) is 13.0 Å². The van der Waals surface area contributed by atoms with Gasteiger partial charge in [0.1, 0.15) is 0 Å². The second-order valence-electron chi connectivity index (χ2n) is 2.18. The van der Waals surface area contributed by atoms with Crippen molar-refractivity contribution < 1.29 is 10.2 Å². The molecule has 0 aliphatic carbocycles. The highest BCUT2D eigenvalue weighted by atomic mass is 35.5. The highest BCUT2D eigenvalue weighted by molar-refractivity contribution is 5.85. The molecule has 3 N–H and O–H groups in total. The van der Waals surface area contributed by atoms with E-state index in [0.717, 1.165) is 0 Å². The van der Waals surface area contributed by atoms with Crippen molar-refractivity contribution in [2.45, 2.75) is 18.6 Å². The monoisotopic (exact) mass is 153 g/mol. The van der Waals surface area contributed by atoms with E-state index >= 15 is 0 Å². The molecule has 9 heavy (non-hydrogen) atoms. The summed E-state index contributed by atoms with van der Waals surface area (Å²) in [7, 11) is 0. The fraction of sp³-hybridized carbons (Fsp3) is 1.00. The lowest BCUT2D eigenvalue weighted by Gasteiger charge is -2.01. The molecule has 0 amide bonds. The smallest absolute Gasteiger partial charge is 0.0680 e. The van der Waals surface area contributed by atoms with Crippen molar-refractivity contribution in [3.63, 3.8) is 0 Å². The Bertz CT molecular complexity index is 81.4. The van der Waals surface area contributed by atoms with Crippen LogP contribution in [-0.4, -0.2) is 35.5 Å². The normalized spacial score (nSPS) is 34.0. The molecule has 1 saturated heterocycles. The molecule has 0 unspecified atom stereocenters. The standard InChI is InChI=1S/C5H11NO2.ClH/c7-3-4-1-5(8)2-6-4;/h4-8H,1-3H2;1H/t4-,5+;/m0./s1. The second kappa shape index (κ2) is 4.06. The molecule has 4 heteroatoms. The number of aliphatic hydroxyl groups excluding tert-OH is 2. The predicted octanol–water partition coefficient (Wildman–Crippen LogP) is -0.877. The lowest BCUT2D eigenvalue weighted by Crippen LogP contribution is -2.24. The van der Waals surface area contributed by atoms with Gasteiger partial charge in [0.05, 0.1) is 12.7 Å². The molecule has 1 aliphatic rings. The highest BCUT2D eigenvalue weighted by Gasteiger charge is 2.20. The first kappa shape index (κ1) is 9.17. The van der Waals surface area contributed by atoms with Crippen molar-refractivity contribution in [1.29, 1.82) is 0 Å². The molecular weight excluding hydrogens is 142 g/mol. The van der Waals surface area contributed by atoms with Gasteiger partial charge < -0.3 is 15.5 Å². The van der Waals surface area contributed by atoms with Gasteiger partial charge in [-0.15, -0.1) is 12.4 Å². The Labute approximate surface area is 60.5 Å². The van der Waals surface area contributed by atoms with Gasteiger partial charge in [0.15, 0.2) is 0 Å². The van der Waals surface area contributed by atoms with Crippen molar-refractivity contribution in [3.05, 3.63) is 0 Å². The van der Waals surface area contributed by atoms with E-state index in [1.54, 1.807) is 0 Å². The molecule has 0 aromatic rings. The summed E-state index contributed by atoms with van der Waals surface area (Å²) in [6.45, 7) is 0.766. The number of halogens is 1. The molecule has 0 spiro atoms. The molecule has 0 aromatic heterocycles. The van der Waals surface area contributed by atoms with Crippen molar-refractivity contribution in [2.75, 3.05) is 13.2 Å². The minimum Gasteiger partial charge on any atom is -0.395 e. The molecular formula is C5H12ClNO2.